The molecule has 1 aromatic carbocycles. The minimum absolute atomic E-state index is 0.00233. The van der Waals surface area contributed by atoms with E-state index in [-0.39, 0.29) is 24.8 Å². The highest BCUT2D eigenvalue weighted by atomic mass is 35.5. The van der Waals surface area contributed by atoms with Crippen LogP contribution in [0.3, 0.4) is 0 Å². The van der Waals surface area contributed by atoms with Gasteiger partial charge in [-0.05, 0) is 37.0 Å². The fourth-order valence-corrected chi connectivity index (χ4v) is 3.90. The van der Waals surface area contributed by atoms with Gasteiger partial charge in [-0.1, -0.05) is 23.7 Å². The van der Waals surface area contributed by atoms with Crippen molar-refractivity contribution in [3.63, 3.8) is 0 Å². The van der Waals surface area contributed by atoms with Crippen LogP contribution in [0.2, 0.25) is 5.02 Å². The van der Waals surface area contributed by atoms with E-state index in [1.54, 1.807) is 0 Å². The van der Waals surface area contributed by atoms with Crippen LogP contribution in [0.4, 0.5) is 8.78 Å². The maximum Gasteiger partial charge on any atom is 0.248 e. The molecule has 1 N–H and O–H groups in total. The molecule has 0 aromatic heterocycles. The Hall–Kier alpha value is -0.710. The standard InChI is InChI=1S/C17H23ClF2N2/c1-11-7-13(3-4-15(11)18)16(14-8-17(19,20)9-14)22-6-5-21-12(2)10-22/h3-4,7,12,14,16,21H,5-6,8-10H2,1-2H3. The predicted octanol–water partition coefficient (Wildman–Crippen LogP) is 4.03. The number of nitrogens with one attached hydrogen (secondary N) is 1. The van der Waals surface area contributed by atoms with Gasteiger partial charge in [0.1, 0.15) is 0 Å². The molecule has 2 atom stereocenters. The fraction of sp³-hybridized carbons (Fsp3) is 0.647. The van der Waals surface area contributed by atoms with Crippen LogP contribution >= 0.6 is 11.6 Å². The van der Waals surface area contributed by atoms with Gasteiger partial charge in [0.25, 0.3) is 0 Å². The summed E-state index contributed by atoms with van der Waals surface area (Å²) in [5, 5.41) is 4.15. The number of benzene rings is 1. The third-order valence-electron chi connectivity index (χ3n) is 4.89. The van der Waals surface area contributed by atoms with E-state index in [1.165, 1.54) is 0 Å². The summed E-state index contributed by atoms with van der Waals surface area (Å²) in [5.74, 6) is -2.45. The first-order valence-electron chi connectivity index (χ1n) is 7.97. The Morgan fingerprint density at radius 3 is 2.68 bits per heavy atom. The molecule has 1 heterocycles. The second kappa shape index (κ2) is 6.06. The van der Waals surface area contributed by atoms with Gasteiger partial charge >= 0.3 is 0 Å². The molecule has 2 aliphatic rings. The van der Waals surface area contributed by atoms with E-state index in [0.29, 0.717) is 6.04 Å². The third kappa shape index (κ3) is 3.29. The van der Waals surface area contributed by atoms with Gasteiger partial charge in [0.2, 0.25) is 5.92 Å². The van der Waals surface area contributed by atoms with Gasteiger partial charge in [-0.2, -0.15) is 0 Å². The van der Waals surface area contributed by atoms with Crippen LogP contribution in [0.15, 0.2) is 18.2 Å². The van der Waals surface area contributed by atoms with Crippen molar-refractivity contribution in [1.82, 2.24) is 10.2 Å². The fourth-order valence-electron chi connectivity index (χ4n) is 3.78. The Morgan fingerprint density at radius 2 is 2.09 bits per heavy atom. The lowest BCUT2D eigenvalue weighted by Crippen LogP contribution is -2.54. The predicted molar refractivity (Wildman–Crippen MR) is 85.6 cm³/mol. The molecule has 2 nitrogen and oxygen atoms in total. The van der Waals surface area contributed by atoms with Crippen molar-refractivity contribution >= 4 is 11.6 Å². The molecule has 5 heteroatoms. The molecule has 122 valence electrons. The van der Waals surface area contributed by atoms with Crippen molar-refractivity contribution in [1.29, 1.82) is 0 Å². The molecule has 1 aliphatic carbocycles. The molecule has 1 aromatic rings. The number of aryl methyl sites for hydroxylation is 1. The molecule has 2 fully saturated rings. The normalized spacial score (nSPS) is 27.4. The molecule has 2 unspecified atom stereocenters. The molecule has 3 rings (SSSR count). The highest BCUT2D eigenvalue weighted by Gasteiger charge is 2.50. The first-order chi connectivity index (χ1) is 10.4. The van der Waals surface area contributed by atoms with Gasteiger partial charge in [-0.25, -0.2) is 8.78 Å². The zero-order valence-corrected chi connectivity index (χ0v) is 13.8. The summed E-state index contributed by atoms with van der Waals surface area (Å²) in [6, 6.07) is 6.42. The van der Waals surface area contributed by atoms with Crippen LogP contribution in [-0.2, 0) is 0 Å². The molecule has 1 saturated carbocycles. The van der Waals surface area contributed by atoms with Gasteiger partial charge < -0.3 is 5.32 Å². The molecule has 22 heavy (non-hydrogen) atoms. The van der Waals surface area contributed by atoms with Crippen molar-refractivity contribution in [2.24, 2.45) is 5.92 Å². The van der Waals surface area contributed by atoms with Gasteiger partial charge in [-0.15, -0.1) is 0 Å². The Morgan fingerprint density at radius 1 is 1.36 bits per heavy atom. The topological polar surface area (TPSA) is 15.3 Å². The smallest absolute Gasteiger partial charge is 0.248 e. The number of halogens is 3. The third-order valence-corrected chi connectivity index (χ3v) is 5.31. The van der Waals surface area contributed by atoms with Crippen LogP contribution in [0, 0.1) is 12.8 Å². The SMILES string of the molecule is Cc1cc(C(C2CC(F)(F)C2)N2CCNC(C)C2)ccc1Cl. The average molecular weight is 329 g/mol. The number of nitrogens with zero attached hydrogens (tertiary/aromatic N) is 1. The number of alkyl halides is 2. The van der Waals surface area contributed by atoms with Crippen molar-refractivity contribution < 1.29 is 8.78 Å². The van der Waals surface area contributed by atoms with Gasteiger partial charge in [-0.3, -0.25) is 4.90 Å². The second-order valence-corrected chi connectivity index (χ2v) is 7.24. The first kappa shape index (κ1) is 16.2. The van der Waals surface area contributed by atoms with Crippen molar-refractivity contribution in [3.05, 3.63) is 34.3 Å². The quantitative estimate of drug-likeness (QED) is 0.901. The Kier molecular flexibility index (Phi) is 4.45. The highest BCUT2D eigenvalue weighted by molar-refractivity contribution is 6.31. The summed E-state index contributed by atoms with van der Waals surface area (Å²) >= 11 is 6.12. The molecule has 0 bridgehead atoms. The molecular formula is C17H23ClF2N2. The zero-order valence-electron chi connectivity index (χ0n) is 13.1. The Labute approximate surface area is 135 Å². The van der Waals surface area contributed by atoms with E-state index >= 15 is 0 Å². The summed E-state index contributed by atoms with van der Waals surface area (Å²) in [5.41, 5.74) is 2.13. The van der Waals surface area contributed by atoms with Crippen LogP contribution < -0.4 is 5.32 Å². The van der Waals surface area contributed by atoms with Crippen LogP contribution in [0.25, 0.3) is 0 Å². The van der Waals surface area contributed by atoms with Gasteiger partial charge in [0.05, 0.1) is 0 Å². The van der Waals surface area contributed by atoms with Crippen molar-refractivity contribution in [2.75, 3.05) is 19.6 Å². The largest absolute Gasteiger partial charge is 0.312 e. The number of piperazine rings is 1. The maximum absolute atomic E-state index is 13.4. The summed E-state index contributed by atoms with van der Waals surface area (Å²) < 4.78 is 26.8. The molecule has 0 amide bonds. The van der Waals surface area contributed by atoms with Gasteiger partial charge in [0, 0.05) is 49.6 Å². The van der Waals surface area contributed by atoms with E-state index < -0.39 is 5.92 Å². The maximum atomic E-state index is 13.4. The minimum atomic E-state index is -2.48. The van der Waals surface area contributed by atoms with E-state index in [9.17, 15) is 8.78 Å². The van der Waals surface area contributed by atoms with E-state index in [2.05, 4.69) is 23.2 Å². The van der Waals surface area contributed by atoms with Crippen molar-refractivity contribution in [3.8, 4) is 0 Å². The second-order valence-electron chi connectivity index (χ2n) is 6.83. The Bertz CT molecular complexity index is 541. The van der Waals surface area contributed by atoms with E-state index in [0.717, 1.165) is 35.8 Å². The number of hydrogen-bond donors (Lipinski definition) is 1. The average Bonchev–Trinajstić information content (AvgIpc) is 2.41. The Balaban J connectivity index is 1.87. The molecule has 0 radical (unpaired) electrons. The lowest BCUT2D eigenvalue weighted by molar-refractivity contribution is -0.134. The van der Waals surface area contributed by atoms with E-state index in [1.807, 2.05) is 19.1 Å². The van der Waals surface area contributed by atoms with Gasteiger partial charge in [0.15, 0.2) is 0 Å². The van der Waals surface area contributed by atoms with Crippen molar-refractivity contribution in [2.45, 2.75) is 44.7 Å². The molecular weight excluding hydrogens is 306 g/mol. The summed E-state index contributed by atoms with van der Waals surface area (Å²) in [7, 11) is 0. The number of rotatable bonds is 3. The first-order valence-corrected chi connectivity index (χ1v) is 8.35. The summed E-state index contributed by atoms with van der Waals surface area (Å²) in [6.45, 7) is 6.82. The highest BCUT2D eigenvalue weighted by Crippen LogP contribution is 2.50. The van der Waals surface area contributed by atoms with Crippen LogP contribution in [0.5, 0.6) is 0 Å². The van der Waals surface area contributed by atoms with E-state index in [4.69, 9.17) is 11.6 Å². The lowest BCUT2D eigenvalue weighted by atomic mass is 9.73. The monoisotopic (exact) mass is 328 g/mol. The van der Waals surface area contributed by atoms with Crippen LogP contribution in [0.1, 0.15) is 36.9 Å². The number of hydrogen-bond acceptors (Lipinski definition) is 2. The minimum Gasteiger partial charge on any atom is -0.312 e. The summed E-state index contributed by atoms with van der Waals surface area (Å²) in [4.78, 5) is 2.36. The zero-order chi connectivity index (χ0) is 15.9. The molecule has 1 aliphatic heterocycles. The lowest BCUT2D eigenvalue weighted by Gasteiger charge is -2.47. The van der Waals surface area contributed by atoms with Crippen LogP contribution in [-0.4, -0.2) is 36.5 Å². The molecule has 1 saturated heterocycles. The molecule has 0 spiro atoms. The summed E-state index contributed by atoms with van der Waals surface area (Å²) in [6.07, 6.45) is -0.00466.